The first-order valence-electron chi connectivity index (χ1n) is 7.46. The molecule has 0 bridgehead atoms. The van der Waals surface area contributed by atoms with Crippen molar-refractivity contribution in [1.29, 1.82) is 0 Å². The molecule has 0 amide bonds. The summed E-state index contributed by atoms with van der Waals surface area (Å²) in [7, 11) is 2.09. The van der Waals surface area contributed by atoms with Crippen LogP contribution in [-0.2, 0) is 17.8 Å². The number of aliphatic carboxylic acids is 1. The van der Waals surface area contributed by atoms with Crippen molar-refractivity contribution in [2.24, 2.45) is 0 Å². The minimum absolute atomic E-state index is 0.105. The van der Waals surface area contributed by atoms with E-state index >= 15 is 0 Å². The lowest BCUT2D eigenvalue weighted by atomic mass is 10.1. The summed E-state index contributed by atoms with van der Waals surface area (Å²) < 4.78 is 1.59. The third-order valence-electron chi connectivity index (χ3n) is 3.88. The normalized spacial score (nSPS) is 20.4. The number of hydrogen-bond acceptors (Lipinski definition) is 5. The van der Waals surface area contributed by atoms with E-state index in [-0.39, 0.29) is 12.6 Å². The van der Waals surface area contributed by atoms with Crippen molar-refractivity contribution in [2.45, 2.75) is 44.7 Å². The van der Waals surface area contributed by atoms with Crippen molar-refractivity contribution in [2.75, 3.05) is 25.6 Å². The zero-order valence-corrected chi connectivity index (χ0v) is 13.6. The maximum absolute atomic E-state index is 11.1. The Morgan fingerprint density at radius 2 is 2.24 bits per heavy atom. The molecule has 0 radical (unpaired) electrons. The average Bonchev–Trinajstić information content (AvgIpc) is 2.69. The molecule has 7 heteroatoms. The van der Waals surface area contributed by atoms with E-state index in [1.54, 1.807) is 16.4 Å². The monoisotopic (exact) mass is 312 g/mol. The van der Waals surface area contributed by atoms with Gasteiger partial charge in [-0.1, -0.05) is 12.8 Å². The number of nitrogens with zero attached hydrogens (tertiary/aromatic N) is 4. The number of aromatic nitrogens is 3. The molecule has 118 valence electrons. The quantitative estimate of drug-likeness (QED) is 0.864. The summed E-state index contributed by atoms with van der Waals surface area (Å²) in [5.74, 6) is 1.67. The number of carboxylic acid groups (broad SMARTS) is 1. The summed E-state index contributed by atoms with van der Waals surface area (Å²) in [4.78, 5) is 18.0. The van der Waals surface area contributed by atoms with Gasteiger partial charge in [-0.2, -0.15) is 16.9 Å². The predicted octanol–water partition coefficient (Wildman–Crippen LogP) is 1.82. The van der Waals surface area contributed by atoms with Gasteiger partial charge in [-0.3, -0.25) is 9.69 Å². The van der Waals surface area contributed by atoms with Crippen LogP contribution in [0, 0.1) is 0 Å². The molecule has 1 N–H and O–H groups in total. The molecule has 1 aliphatic rings. The van der Waals surface area contributed by atoms with E-state index in [0.29, 0.717) is 0 Å². The third kappa shape index (κ3) is 4.44. The number of likely N-dealkylation sites (tertiary alicyclic amines) is 1. The lowest BCUT2D eigenvalue weighted by Gasteiger charge is -2.24. The highest BCUT2D eigenvalue weighted by molar-refractivity contribution is 7.98. The lowest BCUT2D eigenvalue weighted by Crippen LogP contribution is -2.28. The summed E-state index contributed by atoms with van der Waals surface area (Å²) in [6.45, 7) is 0.927. The lowest BCUT2D eigenvalue weighted by molar-refractivity contribution is -0.138. The largest absolute Gasteiger partial charge is 0.480 e. The number of thioether (sulfide) groups is 1. The molecular formula is C14H24N4O2S. The summed E-state index contributed by atoms with van der Waals surface area (Å²) in [5, 5.41) is 13.5. The van der Waals surface area contributed by atoms with Crippen LogP contribution in [0.2, 0.25) is 0 Å². The van der Waals surface area contributed by atoms with Crippen LogP contribution >= 0.6 is 11.8 Å². The molecule has 0 spiro atoms. The van der Waals surface area contributed by atoms with Crippen LogP contribution in [0.3, 0.4) is 0 Å². The molecule has 1 aromatic heterocycles. The smallest absolute Gasteiger partial charge is 0.325 e. The van der Waals surface area contributed by atoms with Crippen molar-refractivity contribution >= 4 is 17.7 Å². The van der Waals surface area contributed by atoms with E-state index in [9.17, 15) is 4.79 Å². The maximum atomic E-state index is 11.1. The molecule has 1 atom stereocenters. The van der Waals surface area contributed by atoms with E-state index in [4.69, 9.17) is 5.11 Å². The number of rotatable bonds is 6. The van der Waals surface area contributed by atoms with Crippen molar-refractivity contribution in [3.63, 3.8) is 0 Å². The fourth-order valence-corrected chi connectivity index (χ4v) is 3.16. The molecule has 2 heterocycles. The van der Waals surface area contributed by atoms with E-state index in [1.807, 2.05) is 6.26 Å². The van der Waals surface area contributed by atoms with Crippen LogP contribution < -0.4 is 0 Å². The van der Waals surface area contributed by atoms with Gasteiger partial charge >= 0.3 is 5.97 Å². The van der Waals surface area contributed by atoms with Gasteiger partial charge in [0.15, 0.2) is 5.82 Å². The van der Waals surface area contributed by atoms with Gasteiger partial charge < -0.3 is 5.11 Å². The zero-order chi connectivity index (χ0) is 15.2. The average molecular weight is 312 g/mol. The van der Waals surface area contributed by atoms with Gasteiger partial charge in [0.1, 0.15) is 12.4 Å². The second-order valence-corrected chi connectivity index (χ2v) is 6.51. The number of hydrogen-bond donors (Lipinski definition) is 1. The highest BCUT2D eigenvalue weighted by Gasteiger charge is 2.26. The van der Waals surface area contributed by atoms with Crippen LogP contribution in [0.5, 0.6) is 0 Å². The highest BCUT2D eigenvalue weighted by Crippen LogP contribution is 2.27. The van der Waals surface area contributed by atoms with Gasteiger partial charge in [-0.15, -0.1) is 0 Å². The van der Waals surface area contributed by atoms with Crippen LogP contribution in [0.1, 0.15) is 43.4 Å². The van der Waals surface area contributed by atoms with Gasteiger partial charge in [0.2, 0.25) is 0 Å². The van der Waals surface area contributed by atoms with Crippen molar-refractivity contribution in [3.8, 4) is 0 Å². The van der Waals surface area contributed by atoms with Crippen LogP contribution in [0.15, 0.2) is 0 Å². The molecule has 1 aromatic rings. The van der Waals surface area contributed by atoms with Crippen molar-refractivity contribution < 1.29 is 9.90 Å². The molecule has 1 aliphatic heterocycles. The zero-order valence-electron chi connectivity index (χ0n) is 12.8. The SMILES string of the molecule is CSCCc1nc(C2CCCCCN2C)n(CC(=O)O)n1. The fraction of sp³-hybridized carbons (Fsp3) is 0.786. The van der Waals surface area contributed by atoms with Gasteiger partial charge in [0.25, 0.3) is 0 Å². The van der Waals surface area contributed by atoms with Crippen molar-refractivity contribution in [3.05, 3.63) is 11.6 Å². The standard InChI is InChI=1S/C14H24N4O2S/c1-17-8-5-3-4-6-11(17)14-15-12(7-9-21-2)16-18(14)10-13(19)20/h11H,3-10H2,1-2H3,(H,19,20). The molecule has 1 saturated heterocycles. The molecule has 1 unspecified atom stereocenters. The first-order valence-corrected chi connectivity index (χ1v) is 8.85. The molecule has 6 nitrogen and oxygen atoms in total. The Balaban J connectivity index is 2.25. The Labute approximate surface area is 129 Å². The molecular weight excluding hydrogens is 288 g/mol. The Hall–Kier alpha value is -1.08. The van der Waals surface area contributed by atoms with Gasteiger partial charge in [0, 0.05) is 12.2 Å². The van der Waals surface area contributed by atoms with Gasteiger partial charge in [-0.05, 0) is 32.7 Å². The van der Waals surface area contributed by atoms with Crippen LogP contribution in [-0.4, -0.2) is 56.3 Å². The molecule has 0 aromatic carbocycles. The summed E-state index contributed by atoms with van der Waals surface area (Å²) in [5.41, 5.74) is 0. The minimum atomic E-state index is -0.867. The Morgan fingerprint density at radius 3 is 2.95 bits per heavy atom. The molecule has 0 aliphatic carbocycles. The second kappa shape index (κ2) is 7.79. The van der Waals surface area contributed by atoms with E-state index in [2.05, 4.69) is 22.0 Å². The molecule has 0 saturated carbocycles. The van der Waals surface area contributed by atoms with E-state index in [1.165, 1.54) is 12.8 Å². The fourth-order valence-electron chi connectivity index (χ4n) is 2.77. The Bertz CT molecular complexity index is 478. The third-order valence-corrected chi connectivity index (χ3v) is 4.49. The van der Waals surface area contributed by atoms with Crippen LogP contribution in [0.25, 0.3) is 0 Å². The van der Waals surface area contributed by atoms with Gasteiger partial charge in [-0.25, -0.2) is 9.67 Å². The maximum Gasteiger partial charge on any atom is 0.325 e. The molecule has 2 rings (SSSR count). The summed E-state index contributed by atoms with van der Waals surface area (Å²) >= 11 is 1.75. The summed E-state index contributed by atoms with van der Waals surface area (Å²) in [6, 6.07) is 0.183. The highest BCUT2D eigenvalue weighted by atomic mass is 32.2. The van der Waals surface area contributed by atoms with Crippen molar-refractivity contribution in [1.82, 2.24) is 19.7 Å². The van der Waals surface area contributed by atoms with Crippen LogP contribution in [0.4, 0.5) is 0 Å². The first kappa shape index (κ1) is 16.3. The second-order valence-electron chi connectivity index (χ2n) is 5.53. The minimum Gasteiger partial charge on any atom is -0.480 e. The summed E-state index contributed by atoms with van der Waals surface area (Å²) in [6.07, 6.45) is 7.45. The topological polar surface area (TPSA) is 71.2 Å². The van der Waals surface area contributed by atoms with E-state index in [0.717, 1.165) is 43.2 Å². The molecule has 1 fully saturated rings. The molecule has 21 heavy (non-hydrogen) atoms. The number of aryl methyl sites for hydroxylation is 1. The van der Waals surface area contributed by atoms with Gasteiger partial charge in [0.05, 0.1) is 6.04 Å². The predicted molar refractivity (Wildman–Crippen MR) is 83.6 cm³/mol. The van der Waals surface area contributed by atoms with E-state index < -0.39 is 5.97 Å². The number of carboxylic acids is 1. The Kier molecular flexibility index (Phi) is 6.05. The first-order chi connectivity index (χ1) is 10.1. The number of carbonyl (C=O) groups is 1. The Morgan fingerprint density at radius 1 is 1.43 bits per heavy atom.